The van der Waals surface area contributed by atoms with E-state index in [9.17, 15) is 22.4 Å². The van der Waals surface area contributed by atoms with Crippen molar-refractivity contribution in [3.8, 4) is 0 Å². The highest BCUT2D eigenvalue weighted by atomic mass is 35.5. The van der Waals surface area contributed by atoms with Crippen LogP contribution in [0.4, 0.5) is 28.9 Å². The largest absolute Gasteiger partial charge is 0.490 e. The van der Waals surface area contributed by atoms with Crippen molar-refractivity contribution in [1.29, 1.82) is 0 Å². The number of alkyl halides is 3. The Hall–Kier alpha value is -4.23. The van der Waals surface area contributed by atoms with Gasteiger partial charge in [-0.2, -0.15) is 18.3 Å². The van der Waals surface area contributed by atoms with Gasteiger partial charge in [0, 0.05) is 42.8 Å². The van der Waals surface area contributed by atoms with Gasteiger partial charge in [0.1, 0.15) is 5.82 Å². The second-order valence-electron chi connectivity index (χ2n) is 9.28. The minimum Gasteiger partial charge on any atom is -0.475 e. The summed E-state index contributed by atoms with van der Waals surface area (Å²) in [5.41, 5.74) is 3.31. The van der Waals surface area contributed by atoms with Crippen molar-refractivity contribution in [3.05, 3.63) is 82.9 Å². The summed E-state index contributed by atoms with van der Waals surface area (Å²) in [6.07, 6.45) is -1.88. The first-order valence-corrected chi connectivity index (χ1v) is 12.7. The molecule has 3 heterocycles. The van der Waals surface area contributed by atoms with Crippen molar-refractivity contribution in [1.82, 2.24) is 19.7 Å². The number of carboxylic acid groups (broad SMARTS) is 1. The zero-order valence-electron chi connectivity index (χ0n) is 21.7. The van der Waals surface area contributed by atoms with Gasteiger partial charge in [-0.3, -0.25) is 4.79 Å². The number of hydrogen-bond donors (Lipinski definition) is 2. The number of aliphatic carboxylic acids is 1. The number of nitrogens with zero attached hydrogens (tertiary/aromatic N) is 5. The van der Waals surface area contributed by atoms with Crippen LogP contribution in [0.3, 0.4) is 0 Å². The highest BCUT2D eigenvalue weighted by Gasteiger charge is 2.38. The van der Waals surface area contributed by atoms with Crippen LogP contribution < -0.4 is 10.2 Å². The Kier molecular flexibility index (Phi) is 9.08. The number of pyridine rings is 1. The lowest BCUT2D eigenvalue weighted by atomic mass is 10.2. The second kappa shape index (κ2) is 12.5. The molecule has 1 aliphatic heterocycles. The van der Waals surface area contributed by atoms with Crippen molar-refractivity contribution in [2.75, 3.05) is 43.4 Å². The maximum atomic E-state index is 14.0. The molecule has 2 aromatic heterocycles. The molecule has 9 nitrogen and oxygen atoms in total. The van der Waals surface area contributed by atoms with Gasteiger partial charge in [0.25, 0.3) is 5.91 Å². The Balaban J connectivity index is 0.000000493. The number of piperazine rings is 1. The molecule has 2 N–H and O–H groups in total. The van der Waals surface area contributed by atoms with Crippen molar-refractivity contribution in [2.24, 2.45) is 0 Å². The van der Waals surface area contributed by atoms with Crippen LogP contribution in [-0.4, -0.2) is 76.1 Å². The molecule has 216 valence electrons. The molecule has 2 aromatic carbocycles. The lowest BCUT2D eigenvalue weighted by Gasteiger charge is -2.35. The minimum atomic E-state index is -5.08. The maximum Gasteiger partial charge on any atom is 0.490 e. The molecule has 4 aromatic rings. The minimum absolute atomic E-state index is 0.349. The molecule has 0 bridgehead atoms. The molecule has 0 spiro atoms. The molecule has 0 radical (unpaired) electrons. The van der Waals surface area contributed by atoms with Gasteiger partial charge in [-0.25, -0.2) is 18.9 Å². The molecule has 0 aliphatic carbocycles. The number of halogens is 5. The summed E-state index contributed by atoms with van der Waals surface area (Å²) in [5, 5.41) is 15.8. The van der Waals surface area contributed by atoms with E-state index in [-0.39, 0.29) is 5.91 Å². The Labute approximate surface area is 236 Å². The first-order valence-electron chi connectivity index (χ1n) is 12.3. The van der Waals surface area contributed by atoms with Gasteiger partial charge in [-0.05, 0) is 49.0 Å². The van der Waals surface area contributed by atoms with Crippen molar-refractivity contribution in [2.45, 2.75) is 12.7 Å². The highest BCUT2D eigenvalue weighted by molar-refractivity contribution is 6.30. The van der Waals surface area contributed by atoms with Gasteiger partial charge >= 0.3 is 12.1 Å². The van der Waals surface area contributed by atoms with Gasteiger partial charge in [0.05, 0.1) is 29.7 Å². The summed E-state index contributed by atoms with van der Waals surface area (Å²) in [6, 6.07) is 13.8. The van der Waals surface area contributed by atoms with E-state index in [2.05, 4.69) is 32.2 Å². The number of fused-ring (bicyclic) bond motifs is 1. The fourth-order valence-electron chi connectivity index (χ4n) is 4.15. The third-order valence-corrected chi connectivity index (χ3v) is 6.49. The summed E-state index contributed by atoms with van der Waals surface area (Å²) >= 11 is 6.08. The Morgan fingerprint density at radius 3 is 2.41 bits per heavy atom. The summed E-state index contributed by atoms with van der Waals surface area (Å²) in [6.45, 7) is 3.95. The van der Waals surface area contributed by atoms with Crippen LogP contribution in [0.15, 0.2) is 60.9 Å². The monoisotopic (exact) mass is 592 g/mol. The highest BCUT2D eigenvalue weighted by Crippen LogP contribution is 2.28. The number of amides is 1. The lowest BCUT2D eigenvalue weighted by molar-refractivity contribution is -0.192. The van der Waals surface area contributed by atoms with Crippen LogP contribution in [-0.2, 0) is 11.3 Å². The Morgan fingerprint density at radius 1 is 1.05 bits per heavy atom. The molecule has 41 heavy (non-hydrogen) atoms. The molecule has 14 heteroatoms. The molecule has 0 unspecified atom stereocenters. The molecule has 5 rings (SSSR count). The van der Waals surface area contributed by atoms with E-state index >= 15 is 0 Å². The van der Waals surface area contributed by atoms with Crippen LogP contribution in [0.5, 0.6) is 0 Å². The zero-order chi connectivity index (χ0) is 29.7. The van der Waals surface area contributed by atoms with E-state index in [1.807, 2.05) is 24.3 Å². The summed E-state index contributed by atoms with van der Waals surface area (Å²) < 4.78 is 47.5. The number of rotatable bonds is 5. The number of carbonyl (C=O) groups excluding carboxylic acids is 1. The molecule has 1 aliphatic rings. The standard InChI is InChI=1S/C25H24ClFN6O.C2HF3O2/c1-31-7-9-32(10-8-31)23-6-5-21(27)13-22(23)30-25(34)19-12-18-15-29-33(24(18)28-14-19)16-17-3-2-4-20(26)11-17;3-2(4,5)1(6)7/h2-6,11-15H,7-10,16H2,1H3,(H,30,34);(H,6,7). The van der Waals surface area contributed by atoms with Gasteiger partial charge in [-0.1, -0.05) is 23.7 Å². The molecule has 1 saturated heterocycles. The Bertz CT molecular complexity index is 1550. The molecule has 0 atom stereocenters. The van der Waals surface area contributed by atoms with Crippen LogP contribution in [0.25, 0.3) is 11.0 Å². The summed E-state index contributed by atoms with van der Waals surface area (Å²) in [7, 11) is 2.07. The molecule has 1 amide bonds. The van der Waals surface area contributed by atoms with Crippen molar-refractivity contribution >= 4 is 45.9 Å². The summed E-state index contributed by atoms with van der Waals surface area (Å²) in [4.78, 5) is 30.8. The zero-order valence-corrected chi connectivity index (χ0v) is 22.5. The van der Waals surface area contributed by atoms with Crippen LogP contribution in [0.1, 0.15) is 15.9 Å². The fourth-order valence-corrected chi connectivity index (χ4v) is 4.36. The summed E-state index contributed by atoms with van der Waals surface area (Å²) in [5.74, 6) is -3.51. The smallest absolute Gasteiger partial charge is 0.475 e. The van der Waals surface area contributed by atoms with E-state index in [0.717, 1.165) is 42.8 Å². The van der Waals surface area contributed by atoms with E-state index in [0.29, 0.717) is 28.5 Å². The molecule has 1 fully saturated rings. The molecule has 0 saturated carbocycles. The normalized spacial score (nSPS) is 14.0. The van der Waals surface area contributed by atoms with E-state index in [1.54, 1.807) is 23.0 Å². The van der Waals surface area contributed by atoms with Gasteiger partial charge in [0.2, 0.25) is 0 Å². The first kappa shape index (κ1) is 29.7. The topological polar surface area (TPSA) is 104 Å². The first-order chi connectivity index (χ1) is 19.4. The number of nitrogens with one attached hydrogen (secondary N) is 1. The number of aromatic nitrogens is 3. The van der Waals surface area contributed by atoms with E-state index in [4.69, 9.17) is 21.5 Å². The predicted octanol–water partition coefficient (Wildman–Crippen LogP) is 4.91. The molecular formula is C27H25ClF4N6O3. The number of anilines is 2. The second-order valence-corrected chi connectivity index (χ2v) is 9.71. The van der Waals surface area contributed by atoms with E-state index < -0.39 is 18.0 Å². The van der Waals surface area contributed by atoms with Gasteiger partial charge in [-0.15, -0.1) is 0 Å². The van der Waals surface area contributed by atoms with Crippen molar-refractivity contribution < 1.29 is 32.3 Å². The SMILES string of the molecule is CN1CCN(c2ccc(F)cc2NC(=O)c2cnc3c(cnn3Cc3cccc(Cl)c3)c2)CC1.O=C(O)C(F)(F)F. The van der Waals surface area contributed by atoms with Gasteiger partial charge in [0.15, 0.2) is 5.65 Å². The fraction of sp³-hybridized carbons (Fsp3) is 0.259. The van der Waals surface area contributed by atoms with E-state index in [1.165, 1.54) is 18.3 Å². The number of hydrogen-bond acceptors (Lipinski definition) is 6. The Morgan fingerprint density at radius 2 is 1.76 bits per heavy atom. The number of carboxylic acids is 1. The average Bonchev–Trinajstić information content (AvgIpc) is 3.31. The third kappa shape index (κ3) is 7.70. The maximum absolute atomic E-state index is 14.0. The lowest BCUT2D eigenvalue weighted by Crippen LogP contribution is -2.44. The third-order valence-electron chi connectivity index (χ3n) is 6.25. The van der Waals surface area contributed by atoms with Crippen LogP contribution >= 0.6 is 11.6 Å². The number of carbonyl (C=O) groups is 2. The quantitative estimate of drug-likeness (QED) is 0.318. The molecular weight excluding hydrogens is 568 g/mol. The average molecular weight is 593 g/mol. The predicted molar refractivity (Wildman–Crippen MR) is 146 cm³/mol. The van der Waals surface area contributed by atoms with Gasteiger partial charge < -0.3 is 20.2 Å². The van der Waals surface area contributed by atoms with Crippen molar-refractivity contribution in [3.63, 3.8) is 0 Å². The number of benzene rings is 2. The van der Waals surface area contributed by atoms with Crippen LogP contribution in [0, 0.1) is 5.82 Å². The van der Waals surface area contributed by atoms with Crippen LogP contribution in [0.2, 0.25) is 5.02 Å². The number of likely N-dealkylation sites (N-methyl/N-ethyl adjacent to an activating group) is 1.